The highest BCUT2D eigenvalue weighted by Crippen LogP contribution is 2.34. The average Bonchev–Trinajstić information content (AvgIpc) is 2.55. The lowest BCUT2D eigenvalue weighted by Gasteiger charge is -2.35. The van der Waals surface area contributed by atoms with Gasteiger partial charge in [0.1, 0.15) is 6.61 Å². The normalized spacial score (nSPS) is 17.9. The third-order valence-corrected chi connectivity index (χ3v) is 3.71. The Hall–Kier alpha value is -3.14. The molecule has 0 aromatic heterocycles. The summed E-state index contributed by atoms with van der Waals surface area (Å²) >= 11 is 0. The fourth-order valence-corrected chi connectivity index (χ4v) is 2.58. The Morgan fingerprint density at radius 1 is 1.27 bits per heavy atom. The lowest BCUT2D eigenvalue weighted by molar-refractivity contribution is -0.240. The molecule has 0 amide bonds. The summed E-state index contributed by atoms with van der Waals surface area (Å²) in [6.45, 7) is 4.24. The molecule has 1 aliphatic heterocycles. The summed E-state index contributed by atoms with van der Waals surface area (Å²) in [7, 11) is 0. The van der Waals surface area contributed by atoms with Crippen molar-refractivity contribution in [2.75, 3.05) is 6.61 Å². The van der Waals surface area contributed by atoms with Gasteiger partial charge in [0.05, 0.1) is 11.6 Å². The van der Waals surface area contributed by atoms with Gasteiger partial charge in [-0.05, 0) is 17.7 Å². The first-order valence-corrected chi connectivity index (χ1v) is 7.99. The van der Waals surface area contributed by atoms with E-state index in [1.165, 1.54) is 20.8 Å². The van der Waals surface area contributed by atoms with Gasteiger partial charge in [0.2, 0.25) is 0 Å². The van der Waals surface area contributed by atoms with Gasteiger partial charge in [-0.2, -0.15) is 5.26 Å². The van der Waals surface area contributed by atoms with E-state index in [9.17, 15) is 14.4 Å². The number of hydrogen-bond donors (Lipinski definition) is 0. The lowest BCUT2D eigenvalue weighted by atomic mass is 9.84. The first-order valence-electron chi connectivity index (χ1n) is 7.99. The van der Waals surface area contributed by atoms with E-state index in [-0.39, 0.29) is 6.61 Å². The van der Waals surface area contributed by atoms with Gasteiger partial charge in [0.15, 0.2) is 5.92 Å². The minimum atomic E-state index is -1.32. The van der Waals surface area contributed by atoms with Gasteiger partial charge in [-0.25, -0.2) is 0 Å². The predicted molar refractivity (Wildman–Crippen MR) is 89.4 cm³/mol. The lowest BCUT2D eigenvalue weighted by Crippen LogP contribution is -2.48. The van der Waals surface area contributed by atoms with E-state index in [0.717, 1.165) is 0 Å². The molecule has 1 atom stereocenters. The molecule has 26 heavy (non-hydrogen) atoms. The van der Waals surface area contributed by atoms with Gasteiger partial charge in [-0.15, -0.1) is 0 Å². The van der Waals surface area contributed by atoms with E-state index in [2.05, 4.69) is 0 Å². The minimum absolute atomic E-state index is 0.00439. The van der Waals surface area contributed by atoms with Crippen molar-refractivity contribution in [3.8, 4) is 6.07 Å². The van der Waals surface area contributed by atoms with Crippen LogP contribution < -0.4 is 0 Å². The number of esters is 3. The van der Waals surface area contributed by atoms with Crippen LogP contribution in [0.25, 0.3) is 0 Å². The van der Waals surface area contributed by atoms with Crippen LogP contribution in [-0.2, 0) is 28.6 Å². The second kappa shape index (κ2) is 7.83. The summed E-state index contributed by atoms with van der Waals surface area (Å²) < 4.78 is 15.2. The molecule has 1 aromatic rings. The van der Waals surface area contributed by atoms with Crippen LogP contribution in [0.5, 0.6) is 0 Å². The Kier molecular flexibility index (Phi) is 5.78. The summed E-state index contributed by atoms with van der Waals surface area (Å²) in [6.07, 6.45) is 3.14. The molecule has 7 heteroatoms. The molecule has 0 saturated carbocycles. The molecule has 0 N–H and O–H groups in total. The van der Waals surface area contributed by atoms with Crippen LogP contribution in [0.2, 0.25) is 0 Å². The maximum Gasteiger partial charge on any atom is 0.324 e. The van der Waals surface area contributed by atoms with Crippen molar-refractivity contribution in [1.82, 2.24) is 0 Å². The molecule has 1 unspecified atom stereocenters. The number of cyclic esters (lactones) is 2. The Morgan fingerprint density at radius 3 is 2.35 bits per heavy atom. The maximum atomic E-state index is 12.4. The fourth-order valence-electron chi connectivity index (χ4n) is 2.58. The monoisotopic (exact) mass is 357 g/mol. The predicted octanol–water partition coefficient (Wildman–Crippen LogP) is 2.21. The van der Waals surface area contributed by atoms with Crippen molar-refractivity contribution < 1.29 is 28.6 Å². The Morgan fingerprint density at radius 2 is 1.85 bits per heavy atom. The maximum absolute atomic E-state index is 12.4. The highest BCUT2D eigenvalue weighted by atomic mass is 16.7. The van der Waals surface area contributed by atoms with Crippen LogP contribution in [-0.4, -0.2) is 30.3 Å². The van der Waals surface area contributed by atoms with Crippen LogP contribution in [0.1, 0.15) is 37.8 Å². The van der Waals surface area contributed by atoms with Crippen LogP contribution in [0.15, 0.2) is 36.4 Å². The second-order valence-electron chi connectivity index (χ2n) is 6.21. The molecule has 136 valence electrons. The van der Waals surface area contributed by atoms with Crippen LogP contribution in [0.3, 0.4) is 0 Å². The van der Waals surface area contributed by atoms with Crippen molar-refractivity contribution in [3.05, 3.63) is 47.5 Å². The Balaban J connectivity index is 2.33. The zero-order chi connectivity index (χ0) is 19.3. The van der Waals surface area contributed by atoms with E-state index in [4.69, 9.17) is 19.5 Å². The molecule has 0 radical (unpaired) electrons. The van der Waals surface area contributed by atoms with Crippen molar-refractivity contribution in [2.24, 2.45) is 5.92 Å². The number of nitrogens with zero attached hydrogens (tertiary/aromatic N) is 1. The number of ether oxygens (including phenoxy) is 3. The number of nitriles is 1. The molecule has 1 saturated heterocycles. The largest absolute Gasteiger partial charge is 0.462 e. The highest BCUT2D eigenvalue weighted by molar-refractivity contribution is 5.98. The van der Waals surface area contributed by atoms with Crippen molar-refractivity contribution in [3.63, 3.8) is 0 Å². The number of carbonyl (C=O) groups excluding carboxylic acids is 3. The number of benzene rings is 1. The highest BCUT2D eigenvalue weighted by Gasteiger charge is 2.46. The van der Waals surface area contributed by atoms with Crippen molar-refractivity contribution in [1.29, 1.82) is 5.26 Å². The molecule has 1 heterocycles. The van der Waals surface area contributed by atoms with E-state index >= 15 is 0 Å². The van der Waals surface area contributed by atoms with E-state index in [1.54, 1.807) is 36.4 Å². The zero-order valence-corrected chi connectivity index (χ0v) is 14.7. The summed E-state index contributed by atoms with van der Waals surface area (Å²) in [5.41, 5.74) is 1.08. The standard InChI is InChI=1S/C19H19NO6/c1-12(21)24-10-4-5-15(14-8-6-13(11-20)7-9-14)16-17(22)25-19(2,3)26-18(16)23/h4-9,15-16H,10H2,1-3H3/b5-4+. The van der Waals surface area contributed by atoms with Gasteiger partial charge in [0.25, 0.3) is 5.79 Å². The van der Waals surface area contributed by atoms with E-state index in [0.29, 0.717) is 11.1 Å². The molecule has 0 bridgehead atoms. The van der Waals surface area contributed by atoms with E-state index in [1.807, 2.05) is 6.07 Å². The average molecular weight is 357 g/mol. The number of allylic oxidation sites excluding steroid dienone is 1. The van der Waals surface area contributed by atoms with E-state index < -0.39 is 35.5 Å². The smallest absolute Gasteiger partial charge is 0.324 e. The molecule has 0 aliphatic carbocycles. The molecular formula is C19H19NO6. The number of carbonyl (C=O) groups is 3. The molecule has 0 spiro atoms. The fraction of sp³-hybridized carbons (Fsp3) is 0.368. The van der Waals surface area contributed by atoms with Gasteiger partial charge < -0.3 is 14.2 Å². The summed E-state index contributed by atoms with van der Waals surface area (Å²) in [5.74, 6) is -5.03. The quantitative estimate of drug-likeness (QED) is 0.452. The topological polar surface area (TPSA) is 103 Å². The first-order chi connectivity index (χ1) is 12.2. The van der Waals surface area contributed by atoms with Crippen LogP contribution in [0, 0.1) is 17.2 Å². The van der Waals surface area contributed by atoms with Crippen LogP contribution in [0.4, 0.5) is 0 Å². The van der Waals surface area contributed by atoms with Crippen LogP contribution >= 0.6 is 0 Å². The first kappa shape index (κ1) is 19.2. The van der Waals surface area contributed by atoms with Gasteiger partial charge in [-0.3, -0.25) is 14.4 Å². The van der Waals surface area contributed by atoms with Crippen molar-refractivity contribution in [2.45, 2.75) is 32.5 Å². The van der Waals surface area contributed by atoms with Gasteiger partial charge >= 0.3 is 17.9 Å². The molecule has 1 aromatic carbocycles. The summed E-state index contributed by atoms with van der Waals surface area (Å²) in [4.78, 5) is 35.7. The molecular weight excluding hydrogens is 338 g/mol. The van der Waals surface area contributed by atoms with Gasteiger partial charge in [-0.1, -0.05) is 24.3 Å². The Labute approximate surface area is 151 Å². The SMILES string of the molecule is CC(=O)OC/C=C/C(c1ccc(C#N)cc1)C1C(=O)OC(C)(C)OC1=O. The zero-order valence-electron chi connectivity index (χ0n) is 14.7. The third kappa shape index (κ3) is 4.70. The Bertz CT molecular complexity index is 752. The van der Waals surface area contributed by atoms with Gasteiger partial charge in [0, 0.05) is 26.7 Å². The third-order valence-electron chi connectivity index (χ3n) is 3.71. The minimum Gasteiger partial charge on any atom is -0.462 e. The molecule has 1 fully saturated rings. The molecule has 1 aliphatic rings. The summed E-state index contributed by atoms with van der Waals surface area (Å²) in [6, 6.07) is 8.49. The second-order valence-corrected chi connectivity index (χ2v) is 6.21. The molecule has 7 nitrogen and oxygen atoms in total. The number of hydrogen-bond acceptors (Lipinski definition) is 7. The summed E-state index contributed by atoms with van der Waals surface area (Å²) in [5, 5.41) is 8.92. The van der Waals surface area contributed by atoms with Crippen molar-refractivity contribution >= 4 is 17.9 Å². The molecule has 2 rings (SSSR count). The number of rotatable bonds is 5.